The molecule has 0 bridgehead atoms. The van der Waals surface area contributed by atoms with Crippen molar-refractivity contribution in [2.75, 3.05) is 19.0 Å². The van der Waals surface area contributed by atoms with Crippen LogP contribution in [0, 0.1) is 0 Å². The molecule has 3 aromatic rings. The van der Waals surface area contributed by atoms with Crippen LogP contribution in [0.25, 0.3) is 16.9 Å². The van der Waals surface area contributed by atoms with Gasteiger partial charge in [-0.1, -0.05) is 23.7 Å². The maximum Gasteiger partial charge on any atom is 0.405 e. The molecule has 2 heterocycles. The number of halogens is 4. The maximum atomic E-state index is 12.6. The maximum absolute atomic E-state index is 12.6. The average molecular weight is 358 g/mol. The summed E-state index contributed by atoms with van der Waals surface area (Å²) in [5, 5.41) is 6.26. The molecule has 126 valence electrons. The van der Waals surface area contributed by atoms with Gasteiger partial charge >= 0.3 is 6.18 Å². The molecule has 10 heteroatoms. The Morgan fingerprint density at radius 2 is 1.96 bits per heavy atom. The van der Waals surface area contributed by atoms with Crippen LogP contribution in [-0.4, -0.2) is 39.4 Å². The molecule has 0 atom stereocenters. The molecule has 0 aliphatic carbocycles. The molecule has 0 radical (unpaired) electrons. The number of rotatable bonds is 4. The van der Waals surface area contributed by atoms with E-state index in [1.165, 1.54) is 18.0 Å². The van der Waals surface area contributed by atoms with E-state index in [0.717, 1.165) is 0 Å². The molecule has 1 N–H and O–H groups in total. The molecule has 1 aromatic carbocycles. The van der Waals surface area contributed by atoms with E-state index in [4.69, 9.17) is 16.3 Å². The standard InChI is InChI=1S/C14H11ClF3N5O/c1-24-9-4-2-8(3-5-9)10-11(15)22-13-20-7-21-23(13)12(10)19-6-14(16,17)18/h2-5,7,19H,6H2,1H3. The number of fused-ring (bicyclic) bond motifs is 1. The van der Waals surface area contributed by atoms with Crippen LogP contribution in [0.2, 0.25) is 5.15 Å². The van der Waals surface area contributed by atoms with Crippen LogP contribution >= 0.6 is 11.6 Å². The van der Waals surface area contributed by atoms with Crippen LogP contribution in [0.15, 0.2) is 30.6 Å². The summed E-state index contributed by atoms with van der Waals surface area (Å²) in [5.74, 6) is 0.765. The van der Waals surface area contributed by atoms with E-state index in [1.807, 2.05) is 0 Å². The van der Waals surface area contributed by atoms with Crippen molar-refractivity contribution in [1.82, 2.24) is 19.6 Å². The molecular weight excluding hydrogens is 347 g/mol. The lowest BCUT2D eigenvalue weighted by Gasteiger charge is -2.16. The van der Waals surface area contributed by atoms with Crippen LogP contribution in [-0.2, 0) is 0 Å². The number of nitrogens with one attached hydrogen (secondary N) is 1. The zero-order valence-corrected chi connectivity index (χ0v) is 13.1. The van der Waals surface area contributed by atoms with Crippen molar-refractivity contribution < 1.29 is 17.9 Å². The lowest BCUT2D eigenvalue weighted by molar-refractivity contribution is -0.115. The lowest BCUT2D eigenvalue weighted by Crippen LogP contribution is -2.23. The van der Waals surface area contributed by atoms with Crippen LogP contribution in [0.4, 0.5) is 19.0 Å². The number of ether oxygens (including phenoxy) is 1. The summed E-state index contributed by atoms with van der Waals surface area (Å²) in [4.78, 5) is 7.92. The van der Waals surface area contributed by atoms with Crippen molar-refractivity contribution in [3.63, 3.8) is 0 Å². The average Bonchev–Trinajstić information content (AvgIpc) is 2.99. The summed E-state index contributed by atoms with van der Waals surface area (Å²) in [5.41, 5.74) is 0.858. The zero-order chi connectivity index (χ0) is 17.3. The van der Waals surface area contributed by atoms with Gasteiger partial charge in [0, 0.05) is 0 Å². The Balaban J connectivity index is 2.15. The Kier molecular flexibility index (Phi) is 4.18. The molecule has 6 nitrogen and oxygen atoms in total. The van der Waals surface area contributed by atoms with E-state index < -0.39 is 12.7 Å². The second kappa shape index (κ2) is 6.16. The first-order valence-electron chi connectivity index (χ1n) is 6.73. The second-order valence-electron chi connectivity index (χ2n) is 4.80. The topological polar surface area (TPSA) is 64.3 Å². The lowest BCUT2D eigenvalue weighted by atomic mass is 10.1. The highest BCUT2D eigenvalue weighted by molar-refractivity contribution is 6.32. The van der Waals surface area contributed by atoms with Crippen molar-refractivity contribution in [2.24, 2.45) is 0 Å². The van der Waals surface area contributed by atoms with Gasteiger partial charge in [-0.25, -0.2) is 0 Å². The summed E-state index contributed by atoms with van der Waals surface area (Å²) in [6, 6.07) is 6.68. The van der Waals surface area contributed by atoms with Crippen molar-refractivity contribution in [3.05, 3.63) is 35.7 Å². The number of benzene rings is 1. The summed E-state index contributed by atoms with van der Waals surface area (Å²) in [6.07, 6.45) is -3.21. The minimum atomic E-state index is -4.40. The van der Waals surface area contributed by atoms with Crippen LogP contribution in [0.3, 0.4) is 0 Å². The smallest absolute Gasteiger partial charge is 0.405 e. The number of aromatic nitrogens is 4. The molecule has 0 unspecified atom stereocenters. The number of anilines is 1. The molecule has 0 aliphatic heterocycles. The van der Waals surface area contributed by atoms with Gasteiger partial charge in [-0.15, -0.1) is 0 Å². The van der Waals surface area contributed by atoms with Gasteiger partial charge < -0.3 is 10.1 Å². The van der Waals surface area contributed by atoms with Crippen LogP contribution in [0.1, 0.15) is 0 Å². The van der Waals surface area contributed by atoms with E-state index >= 15 is 0 Å². The molecule has 0 fully saturated rings. The van der Waals surface area contributed by atoms with Crippen molar-refractivity contribution in [2.45, 2.75) is 6.18 Å². The van der Waals surface area contributed by atoms with Crippen LogP contribution in [0.5, 0.6) is 5.75 Å². The van der Waals surface area contributed by atoms with Crippen molar-refractivity contribution in [3.8, 4) is 16.9 Å². The highest BCUT2D eigenvalue weighted by atomic mass is 35.5. The molecule has 0 amide bonds. The Hall–Kier alpha value is -2.55. The molecule has 3 rings (SSSR count). The fourth-order valence-electron chi connectivity index (χ4n) is 2.18. The Morgan fingerprint density at radius 1 is 1.25 bits per heavy atom. The normalized spacial score (nSPS) is 11.7. The molecular formula is C14H11ClF3N5O. The monoisotopic (exact) mass is 357 g/mol. The first-order chi connectivity index (χ1) is 11.4. The quantitative estimate of drug-likeness (QED) is 0.725. The van der Waals surface area contributed by atoms with E-state index in [-0.39, 0.29) is 16.7 Å². The minimum absolute atomic E-state index is 0.0188. The molecule has 0 saturated carbocycles. The molecule has 0 aliphatic rings. The number of nitrogens with zero attached hydrogens (tertiary/aromatic N) is 4. The second-order valence-corrected chi connectivity index (χ2v) is 5.15. The summed E-state index contributed by atoms with van der Waals surface area (Å²) < 4.78 is 44.1. The largest absolute Gasteiger partial charge is 0.497 e. The van der Waals surface area contributed by atoms with Gasteiger partial charge in [-0.2, -0.15) is 32.8 Å². The van der Waals surface area contributed by atoms with E-state index in [1.54, 1.807) is 24.3 Å². The molecule has 24 heavy (non-hydrogen) atoms. The predicted octanol–water partition coefficient (Wildman–Crippen LogP) is 3.43. The van der Waals surface area contributed by atoms with E-state index in [0.29, 0.717) is 16.9 Å². The zero-order valence-electron chi connectivity index (χ0n) is 12.3. The summed E-state index contributed by atoms with van der Waals surface area (Å²) in [7, 11) is 1.52. The van der Waals surface area contributed by atoms with E-state index in [2.05, 4.69) is 20.4 Å². The Labute approximate surface area is 139 Å². The Morgan fingerprint density at radius 3 is 2.58 bits per heavy atom. The van der Waals surface area contributed by atoms with Crippen molar-refractivity contribution >= 4 is 23.2 Å². The fourth-order valence-corrected chi connectivity index (χ4v) is 2.45. The number of hydrogen-bond donors (Lipinski definition) is 1. The Bertz CT molecular complexity index is 863. The van der Waals surface area contributed by atoms with Gasteiger partial charge in [-0.05, 0) is 17.7 Å². The summed E-state index contributed by atoms with van der Waals surface area (Å²) in [6.45, 7) is -1.24. The van der Waals surface area contributed by atoms with Crippen molar-refractivity contribution in [1.29, 1.82) is 0 Å². The number of methoxy groups -OCH3 is 1. The third-order valence-electron chi connectivity index (χ3n) is 3.22. The third-order valence-corrected chi connectivity index (χ3v) is 3.49. The molecule has 0 spiro atoms. The highest BCUT2D eigenvalue weighted by Gasteiger charge is 2.28. The molecule has 0 saturated heterocycles. The van der Waals surface area contributed by atoms with Gasteiger partial charge in [0.2, 0.25) is 0 Å². The predicted molar refractivity (Wildman–Crippen MR) is 82.3 cm³/mol. The third kappa shape index (κ3) is 3.21. The van der Waals surface area contributed by atoms with Gasteiger partial charge in [0.15, 0.2) is 0 Å². The number of hydrogen-bond acceptors (Lipinski definition) is 5. The molecule has 2 aromatic heterocycles. The fraction of sp³-hybridized carbons (Fsp3) is 0.214. The SMILES string of the molecule is COc1ccc(-c2c(Cl)nc3ncnn3c2NCC(F)(F)F)cc1. The van der Waals surface area contributed by atoms with Gasteiger partial charge in [0.05, 0.1) is 12.7 Å². The minimum Gasteiger partial charge on any atom is -0.497 e. The van der Waals surface area contributed by atoms with Gasteiger partial charge in [0.1, 0.15) is 29.6 Å². The van der Waals surface area contributed by atoms with Gasteiger partial charge in [0.25, 0.3) is 5.78 Å². The summed E-state index contributed by atoms with van der Waals surface area (Å²) >= 11 is 6.18. The first-order valence-corrected chi connectivity index (χ1v) is 7.11. The highest BCUT2D eigenvalue weighted by Crippen LogP contribution is 2.35. The number of alkyl halides is 3. The first kappa shape index (κ1) is 16.3. The van der Waals surface area contributed by atoms with E-state index in [9.17, 15) is 13.2 Å². The van der Waals surface area contributed by atoms with Gasteiger partial charge in [-0.3, -0.25) is 0 Å². The van der Waals surface area contributed by atoms with Crippen LogP contribution < -0.4 is 10.1 Å².